The summed E-state index contributed by atoms with van der Waals surface area (Å²) in [7, 11) is 0. The van der Waals surface area contributed by atoms with Gasteiger partial charge in [0.05, 0.1) is 24.5 Å². The normalized spacial score (nSPS) is 17.7. The maximum absolute atomic E-state index is 12.6. The predicted molar refractivity (Wildman–Crippen MR) is 99.3 cm³/mol. The first-order chi connectivity index (χ1) is 12.7. The number of aliphatic hydroxyl groups excluding tert-OH is 1. The number of aliphatic hydroxyl groups is 1. The Bertz CT molecular complexity index is 810. The molecule has 5 nitrogen and oxygen atoms in total. The number of carbonyl (C=O) groups excluding carboxylic acids is 1. The maximum Gasteiger partial charge on any atom is 0.227 e. The van der Waals surface area contributed by atoms with Gasteiger partial charge in [-0.2, -0.15) is 5.10 Å². The van der Waals surface area contributed by atoms with Gasteiger partial charge in [0.1, 0.15) is 6.10 Å². The first-order valence-electron chi connectivity index (χ1n) is 9.43. The molecule has 0 saturated heterocycles. The molecule has 0 bridgehead atoms. The van der Waals surface area contributed by atoms with Gasteiger partial charge in [0.25, 0.3) is 0 Å². The van der Waals surface area contributed by atoms with E-state index in [2.05, 4.69) is 11.2 Å². The van der Waals surface area contributed by atoms with Gasteiger partial charge in [-0.1, -0.05) is 42.0 Å². The van der Waals surface area contributed by atoms with E-state index in [0.29, 0.717) is 38.2 Å². The van der Waals surface area contributed by atoms with Gasteiger partial charge >= 0.3 is 0 Å². The minimum Gasteiger partial charge on any atom is -0.386 e. The van der Waals surface area contributed by atoms with Crippen molar-refractivity contribution in [2.45, 2.75) is 51.3 Å². The van der Waals surface area contributed by atoms with E-state index >= 15 is 0 Å². The smallest absolute Gasteiger partial charge is 0.227 e. The van der Waals surface area contributed by atoms with E-state index in [9.17, 15) is 9.90 Å². The van der Waals surface area contributed by atoms with Crippen LogP contribution in [0.4, 0.5) is 0 Å². The molecule has 4 rings (SSSR count). The van der Waals surface area contributed by atoms with Crippen molar-refractivity contribution in [3.05, 3.63) is 65.0 Å². The molecule has 5 heteroatoms. The lowest BCUT2D eigenvalue weighted by Gasteiger charge is -2.28. The molecule has 1 aromatic carbocycles. The number of aromatic nitrogens is 2. The van der Waals surface area contributed by atoms with Crippen LogP contribution >= 0.6 is 0 Å². The molecule has 1 aromatic heterocycles. The highest BCUT2D eigenvalue weighted by Gasteiger charge is 2.24. The quantitative estimate of drug-likeness (QED) is 0.843. The Balaban J connectivity index is 1.41. The van der Waals surface area contributed by atoms with Crippen molar-refractivity contribution in [1.29, 1.82) is 0 Å². The lowest BCUT2D eigenvalue weighted by molar-refractivity contribution is -0.132. The van der Waals surface area contributed by atoms with Crippen molar-refractivity contribution in [3.8, 4) is 0 Å². The van der Waals surface area contributed by atoms with Crippen LogP contribution in [0.25, 0.3) is 0 Å². The van der Waals surface area contributed by atoms with Gasteiger partial charge in [-0.15, -0.1) is 0 Å². The molecule has 1 N–H and O–H groups in total. The Morgan fingerprint density at radius 1 is 1.23 bits per heavy atom. The summed E-state index contributed by atoms with van der Waals surface area (Å²) in [6, 6.07) is 11.9. The van der Waals surface area contributed by atoms with E-state index < -0.39 is 6.10 Å². The Morgan fingerprint density at radius 3 is 2.85 bits per heavy atom. The molecular weight excluding hydrogens is 326 g/mol. The molecule has 1 atom stereocenters. The summed E-state index contributed by atoms with van der Waals surface area (Å²) in [5.74, 6) is 0.206. The van der Waals surface area contributed by atoms with Gasteiger partial charge in [-0.3, -0.25) is 9.48 Å². The summed E-state index contributed by atoms with van der Waals surface area (Å²) in [4.78, 5) is 14.5. The number of allylic oxidation sites excluding steroid dienone is 1. The summed E-state index contributed by atoms with van der Waals surface area (Å²) in [6.45, 7) is 1.96. The number of nitrogens with zero attached hydrogens (tertiary/aromatic N) is 3. The van der Waals surface area contributed by atoms with E-state index in [0.717, 1.165) is 24.1 Å². The minimum absolute atomic E-state index is 0.206. The van der Waals surface area contributed by atoms with E-state index in [-0.39, 0.29) is 5.91 Å². The van der Waals surface area contributed by atoms with Gasteiger partial charge in [0.15, 0.2) is 0 Å². The summed E-state index contributed by atoms with van der Waals surface area (Å²) in [6.07, 6.45) is 6.04. The van der Waals surface area contributed by atoms with Gasteiger partial charge in [0.2, 0.25) is 5.91 Å². The second-order valence-corrected chi connectivity index (χ2v) is 7.24. The molecule has 0 radical (unpaired) electrons. The third-order valence-electron chi connectivity index (χ3n) is 5.30. The van der Waals surface area contributed by atoms with Crippen LogP contribution in [0, 0.1) is 0 Å². The second kappa shape index (κ2) is 7.46. The third kappa shape index (κ3) is 3.73. The average molecular weight is 351 g/mol. The van der Waals surface area contributed by atoms with Crippen molar-refractivity contribution >= 4 is 5.91 Å². The lowest BCUT2D eigenvalue weighted by atomic mass is 10.1. The minimum atomic E-state index is -0.622. The summed E-state index contributed by atoms with van der Waals surface area (Å²) in [5, 5.41) is 15.1. The fourth-order valence-corrected chi connectivity index (χ4v) is 3.81. The molecule has 0 spiro atoms. The molecule has 2 aromatic rings. The van der Waals surface area contributed by atoms with Crippen molar-refractivity contribution < 1.29 is 9.90 Å². The van der Waals surface area contributed by atoms with Gasteiger partial charge in [-0.05, 0) is 30.9 Å². The van der Waals surface area contributed by atoms with Crippen LogP contribution < -0.4 is 0 Å². The monoisotopic (exact) mass is 351 g/mol. The second-order valence-electron chi connectivity index (χ2n) is 7.24. The molecular formula is C21H25N3O2. The Labute approximate surface area is 153 Å². The SMILES string of the molecule is O=C(CC1=CCCC1)N1CCn2nc([C@@H](O)Cc3ccccc3)cc2C1. The van der Waals surface area contributed by atoms with Crippen LogP contribution in [0.2, 0.25) is 0 Å². The van der Waals surface area contributed by atoms with Crippen LogP contribution in [0.1, 0.15) is 48.7 Å². The van der Waals surface area contributed by atoms with Crippen molar-refractivity contribution in [1.82, 2.24) is 14.7 Å². The number of hydrogen-bond donors (Lipinski definition) is 1. The highest BCUT2D eigenvalue weighted by Crippen LogP contribution is 2.24. The fraction of sp³-hybridized carbons (Fsp3) is 0.429. The van der Waals surface area contributed by atoms with Crippen molar-refractivity contribution in [3.63, 3.8) is 0 Å². The van der Waals surface area contributed by atoms with E-state index in [1.165, 1.54) is 12.0 Å². The average Bonchev–Trinajstić information content (AvgIpc) is 3.31. The zero-order valence-corrected chi connectivity index (χ0v) is 15.0. The molecule has 26 heavy (non-hydrogen) atoms. The highest BCUT2D eigenvalue weighted by molar-refractivity contribution is 5.78. The standard InChI is InChI=1S/C21H25N3O2/c25-20(12-16-6-2-1-3-7-16)19-14-18-15-23(10-11-24(18)22-19)21(26)13-17-8-4-5-9-17/h1-3,6-8,14,20,25H,4-5,9-13,15H2/t20-/m0/s1. The Kier molecular flexibility index (Phi) is 4.89. The predicted octanol–water partition coefficient (Wildman–Crippen LogP) is 3.00. The molecule has 1 aliphatic carbocycles. The summed E-state index contributed by atoms with van der Waals surface area (Å²) >= 11 is 0. The number of fused-ring (bicyclic) bond motifs is 1. The van der Waals surface area contributed by atoms with Crippen LogP contribution in [0.3, 0.4) is 0 Å². The van der Waals surface area contributed by atoms with E-state index in [1.807, 2.05) is 46.0 Å². The van der Waals surface area contributed by atoms with Gasteiger partial charge < -0.3 is 10.0 Å². The molecule has 1 amide bonds. The summed E-state index contributed by atoms with van der Waals surface area (Å²) < 4.78 is 1.93. The lowest BCUT2D eigenvalue weighted by Crippen LogP contribution is -2.38. The number of rotatable bonds is 5. The van der Waals surface area contributed by atoms with Crippen molar-refractivity contribution in [2.24, 2.45) is 0 Å². The Morgan fingerprint density at radius 2 is 2.08 bits per heavy atom. The van der Waals surface area contributed by atoms with Crippen LogP contribution in [0.15, 0.2) is 48.0 Å². The first kappa shape index (κ1) is 17.0. The molecule has 2 aliphatic rings. The van der Waals surface area contributed by atoms with Gasteiger partial charge in [-0.25, -0.2) is 0 Å². The van der Waals surface area contributed by atoms with Crippen LogP contribution in [-0.2, 0) is 24.3 Å². The molecule has 0 fully saturated rings. The zero-order valence-electron chi connectivity index (χ0n) is 15.0. The van der Waals surface area contributed by atoms with Gasteiger partial charge in [0, 0.05) is 19.4 Å². The highest BCUT2D eigenvalue weighted by atomic mass is 16.3. The van der Waals surface area contributed by atoms with E-state index in [1.54, 1.807) is 0 Å². The topological polar surface area (TPSA) is 58.4 Å². The number of benzene rings is 1. The zero-order chi connectivity index (χ0) is 17.9. The first-order valence-corrected chi connectivity index (χ1v) is 9.43. The van der Waals surface area contributed by atoms with Crippen LogP contribution in [0.5, 0.6) is 0 Å². The maximum atomic E-state index is 12.6. The molecule has 136 valence electrons. The number of hydrogen-bond acceptors (Lipinski definition) is 3. The largest absolute Gasteiger partial charge is 0.386 e. The molecule has 1 aliphatic heterocycles. The number of carbonyl (C=O) groups is 1. The molecule has 0 saturated carbocycles. The molecule has 0 unspecified atom stereocenters. The van der Waals surface area contributed by atoms with E-state index in [4.69, 9.17) is 0 Å². The van der Waals surface area contributed by atoms with Crippen molar-refractivity contribution in [2.75, 3.05) is 6.54 Å². The fourth-order valence-electron chi connectivity index (χ4n) is 3.81. The van der Waals surface area contributed by atoms with Crippen LogP contribution in [-0.4, -0.2) is 32.2 Å². The summed E-state index contributed by atoms with van der Waals surface area (Å²) in [5.41, 5.74) is 4.07. The Hall–Kier alpha value is -2.40. The third-order valence-corrected chi connectivity index (χ3v) is 5.30. The number of amides is 1. The molecule has 2 heterocycles.